The lowest BCUT2D eigenvalue weighted by atomic mass is 10.0. The zero-order chi connectivity index (χ0) is 22.5. The first-order chi connectivity index (χ1) is 15.5. The first-order valence-electron chi connectivity index (χ1n) is 11.4. The number of urea groups is 1. The van der Waals surface area contributed by atoms with Crippen molar-refractivity contribution >= 4 is 11.8 Å². The summed E-state index contributed by atoms with van der Waals surface area (Å²) in [7, 11) is 0. The van der Waals surface area contributed by atoms with Crippen LogP contribution in [0.25, 0.3) is 5.69 Å². The van der Waals surface area contributed by atoms with Gasteiger partial charge in [-0.15, -0.1) is 0 Å². The summed E-state index contributed by atoms with van der Waals surface area (Å²) in [5, 5.41) is 5.92. The van der Waals surface area contributed by atoms with Crippen molar-refractivity contribution in [2.24, 2.45) is 5.73 Å². The van der Waals surface area contributed by atoms with Crippen LogP contribution >= 0.6 is 0 Å². The molecule has 9 heteroatoms. The highest BCUT2D eigenvalue weighted by Crippen LogP contribution is 2.16. The minimum atomic E-state index is -0.422. The molecule has 0 aliphatic carbocycles. The van der Waals surface area contributed by atoms with Crippen LogP contribution in [-0.4, -0.2) is 76.7 Å². The molecule has 2 aromatic rings. The number of carbonyl (C=O) groups excluding carboxylic acids is 1. The number of piperazine rings is 1. The van der Waals surface area contributed by atoms with Crippen molar-refractivity contribution in [3.63, 3.8) is 0 Å². The third kappa shape index (κ3) is 5.53. The number of rotatable bonds is 5. The van der Waals surface area contributed by atoms with Gasteiger partial charge < -0.3 is 20.9 Å². The second-order valence-electron chi connectivity index (χ2n) is 8.73. The summed E-state index contributed by atoms with van der Waals surface area (Å²) < 4.78 is 1.49. The van der Waals surface area contributed by atoms with E-state index in [0.717, 1.165) is 51.1 Å². The molecule has 1 unspecified atom stereocenters. The maximum Gasteiger partial charge on any atom is 0.354 e. The Hall–Kier alpha value is -2.75. The van der Waals surface area contributed by atoms with Crippen LogP contribution in [0.1, 0.15) is 25.3 Å². The van der Waals surface area contributed by atoms with Gasteiger partial charge in [-0.1, -0.05) is 12.1 Å². The number of aromatic nitrogens is 2. The smallest absolute Gasteiger partial charge is 0.328 e. The number of anilines is 1. The molecule has 2 aliphatic heterocycles. The van der Waals surface area contributed by atoms with Crippen LogP contribution in [0.4, 0.5) is 10.6 Å². The van der Waals surface area contributed by atoms with Crippen molar-refractivity contribution in [2.75, 3.05) is 44.6 Å². The standard InChI is InChI=1S/C23H33N7O2/c1-17(28-11-6-19(24)7-12-28)16-18-2-4-20(5-3-18)30-13-8-21(27-23(30)32)26-22(31)29-14-9-25-10-15-29/h2-5,8,13,17,19,25H,6-7,9-12,14-16,24H2,1H3,(H,26,27,31,32). The number of piperidine rings is 1. The molecule has 0 saturated carbocycles. The minimum absolute atomic E-state index is 0.231. The summed E-state index contributed by atoms with van der Waals surface area (Å²) >= 11 is 0. The summed E-state index contributed by atoms with van der Waals surface area (Å²) in [4.78, 5) is 33.1. The van der Waals surface area contributed by atoms with Crippen molar-refractivity contribution in [1.29, 1.82) is 0 Å². The largest absolute Gasteiger partial charge is 0.354 e. The van der Waals surface area contributed by atoms with E-state index in [2.05, 4.69) is 39.6 Å². The first kappa shape index (κ1) is 22.4. The first-order valence-corrected chi connectivity index (χ1v) is 11.4. The third-order valence-corrected chi connectivity index (χ3v) is 6.39. The summed E-state index contributed by atoms with van der Waals surface area (Å²) in [5.74, 6) is 0.265. The Morgan fingerprint density at radius 3 is 2.50 bits per heavy atom. The van der Waals surface area contributed by atoms with Gasteiger partial charge in [-0.3, -0.25) is 9.88 Å². The number of amides is 2. The Bertz CT molecular complexity index is 961. The fraction of sp³-hybridized carbons (Fsp3) is 0.522. The normalized spacial score (nSPS) is 19.0. The monoisotopic (exact) mass is 439 g/mol. The fourth-order valence-electron chi connectivity index (χ4n) is 4.35. The predicted octanol–water partition coefficient (Wildman–Crippen LogP) is 1.02. The molecular formula is C23H33N7O2. The molecule has 2 fully saturated rings. The van der Waals surface area contributed by atoms with E-state index < -0.39 is 5.69 Å². The fourth-order valence-corrected chi connectivity index (χ4v) is 4.35. The number of nitrogens with zero attached hydrogens (tertiary/aromatic N) is 4. The van der Waals surface area contributed by atoms with Crippen molar-refractivity contribution in [3.8, 4) is 5.69 Å². The average molecular weight is 440 g/mol. The number of nitrogens with one attached hydrogen (secondary N) is 2. The lowest BCUT2D eigenvalue weighted by molar-refractivity contribution is 0.162. The molecule has 1 atom stereocenters. The maximum atomic E-state index is 12.6. The quantitative estimate of drug-likeness (QED) is 0.642. The summed E-state index contributed by atoms with van der Waals surface area (Å²) in [6.45, 7) is 7.18. The van der Waals surface area contributed by atoms with E-state index in [9.17, 15) is 9.59 Å². The Balaban J connectivity index is 1.37. The molecule has 0 bridgehead atoms. The van der Waals surface area contributed by atoms with Crippen LogP contribution in [0.2, 0.25) is 0 Å². The summed E-state index contributed by atoms with van der Waals surface area (Å²) in [6, 6.07) is 10.2. The lowest BCUT2D eigenvalue weighted by Crippen LogP contribution is -2.48. The van der Waals surface area contributed by atoms with Crippen molar-refractivity contribution in [1.82, 2.24) is 24.7 Å². The molecule has 9 nitrogen and oxygen atoms in total. The molecule has 1 aromatic heterocycles. The molecule has 2 aliphatic rings. The van der Waals surface area contributed by atoms with E-state index in [1.165, 1.54) is 10.1 Å². The molecule has 4 rings (SSSR count). The highest BCUT2D eigenvalue weighted by atomic mass is 16.2. The van der Waals surface area contributed by atoms with Gasteiger partial charge in [0.2, 0.25) is 0 Å². The molecule has 2 saturated heterocycles. The Kier molecular flexibility index (Phi) is 7.19. The Labute approximate surface area is 188 Å². The summed E-state index contributed by atoms with van der Waals surface area (Å²) in [5.41, 5.74) is 7.58. The number of hydrogen-bond acceptors (Lipinski definition) is 6. The van der Waals surface area contributed by atoms with E-state index in [-0.39, 0.29) is 11.8 Å². The predicted molar refractivity (Wildman–Crippen MR) is 125 cm³/mol. The second kappa shape index (κ2) is 10.2. The molecule has 2 amide bonds. The third-order valence-electron chi connectivity index (χ3n) is 6.39. The molecule has 32 heavy (non-hydrogen) atoms. The van der Waals surface area contributed by atoms with E-state index >= 15 is 0 Å². The van der Waals surface area contributed by atoms with Crippen LogP contribution in [0, 0.1) is 0 Å². The van der Waals surface area contributed by atoms with Gasteiger partial charge in [-0.2, -0.15) is 4.98 Å². The van der Waals surface area contributed by atoms with E-state index in [1.54, 1.807) is 17.2 Å². The average Bonchev–Trinajstić information content (AvgIpc) is 2.81. The molecule has 0 radical (unpaired) electrons. The van der Waals surface area contributed by atoms with Crippen LogP contribution in [-0.2, 0) is 6.42 Å². The van der Waals surface area contributed by atoms with Crippen molar-refractivity contribution in [2.45, 2.75) is 38.3 Å². The van der Waals surface area contributed by atoms with Gasteiger partial charge in [0.25, 0.3) is 0 Å². The number of nitrogens with two attached hydrogens (primary N) is 1. The highest BCUT2D eigenvalue weighted by molar-refractivity contribution is 5.88. The van der Waals surface area contributed by atoms with Gasteiger partial charge in [-0.05, 0) is 63.0 Å². The topological polar surface area (TPSA) is 109 Å². The van der Waals surface area contributed by atoms with Crippen LogP contribution in [0.15, 0.2) is 41.3 Å². The number of benzene rings is 1. The van der Waals surface area contributed by atoms with Gasteiger partial charge in [0.15, 0.2) is 0 Å². The Morgan fingerprint density at radius 2 is 1.84 bits per heavy atom. The van der Waals surface area contributed by atoms with Gasteiger partial charge in [-0.25, -0.2) is 9.59 Å². The molecule has 4 N–H and O–H groups in total. The SMILES string of the molecule is CC(Cc1ccc(-n2ccc(NC(=O)N3CCNCC3)nc2=O)cc1)N1CCC(N)CC1. The molecule has 1 aromatic carbocycles. The van der Waals surface area contributed by atoms with Crippen LogP contribution in [0.5, 0.6) is 0 Å². The van der Waals surface area contributed by atoms with Gasteiger partial charge >= 0.3 is 11.7 Å². The highest BCUT2D eigenvalue weighted by Gasteiger charge is 2.21. The zero-order valence-electron chi connectivity index (χ0n) is 18.7. The van der Waals surface area contributed by atoms with Crippen molar-refractivity contribution < 1.29 is 4.79 Å². The molecule has 0 spiro atoms. The van der Waals surface area contributed by atoms with Crippen molar-refractivity contribution in [3.05, 3.63) is 52.6 Å². The van der Waals surface area contributed by atoms with E-state index in [0.29, 0.717) is 25.2 Å². The number of likely N-dealkylation sites (tertiary alicyclic amines) is 1. The van der Waals surface area contributed by atoms with E-state index in [1.807, 2.05) is 12.1 Å². The second-order valence-corrected chi connectivity index (χ2v) is 8.73. The van der Waals surface area contributed by atoms with Gasteiger partial charge in [0.1, 0.15) is 5.82 Å². The molecule has 3 heterocycles. The number of hydrogen-bond donors (Lipinski definition) is 3. The zero-order valence-corrected chi connectivity index (χ0v) is 18.7. The summed E-state index contributed by atoms with van der Waals surface area (Å²) in [6.07, 6.45) is 4.73. The van der Waals surface area contributed by atoms with Crippen LogP contribution < -0.4 is 22.1 Å². The van der Waals surface area contributed by atoms with Gasteiger partial charge in [0, 0.05) is 44.5 Å². The van der Waals surface area contributed by atoms with E-state index in [4.69, 9.17) is 5.73 Å². The minimum Gasteiger partial charge on any atom is -0.328 e. The van der Waals surface area contributed by atoms with Gasteiger partial charge in [0.05, 0.1) is 5.69 Å². The molecule has 172 valence electrons. The maximum absolute atomic E-state index is 12.6. The molecular weight excluding hydrogens is 406 g/mol. The Morgan fingerprint density at radius 1 is 1.16 bits per heavy atom. The lowest BCUT2D eigenvalue weighted by Gasteiger charge is -2.35. The number of carbonyl (C=O) groups is 1. The van der Waals surface area contributed by atoms with Crippen LogP contribution in [0.3, 0.4) is 0 Å².